The zero-order chi connectivity index (χ0) is 30.2. The number of hydrogen-bond donors (Lipinski definition) is 0. The highest BCUT2D eigenvalue weighted by Crippen LogP contribution is 2.48. The number of hydrogen-bond acceptors (Lipinski definition) is 1. The summed E-state index contributed by atoms with van der Waals surface area (Å²) < 4.78 is 8.88. The van der Waals surface area contributed by atoms with Crippen LogP contribution >= 0.6 is 0 Å². The van der Waals surface area contributed by atoms with Gasteiger partial charge in [-0.1, -0.05) is 127 Å². The van der Waals surface area contributed by atoms with Gasteiger partial charge >= 0.3 is 0 Å². The number of aromatic nitrogens is 1. The lowest BCUT2D eigenvalue weighted by Gasteiger charge is -2.22. The topological polar surface area (TPSA) is 14.2 Å². The summed E-state index contributed by atoms with van der Waals surface area (Å²) >= 11 is 0. The first-order valence-corrected chi connectivity index (χ1v) is 15.8. The van der Waals surface area contributed by atoms with Gasteiger partial charge in [0.2, 0.25) is 0 Å². The highest BCUT2D eigenvalue weighted by Gasteiger charge is 2.22. The maximum Gasteiger partial charge on any atom is 0.135 e. The average molecular weight is 586 g/mol. The minimum absolute atomic E-state index is 0.894. The Morgan fingerprint density at radius 2 is 1.07 bits per heavy atom. The molecule has 0 amide bonds. The van der Waals surface area contributed by atoms with E-state index in [9.17, 15) is 0 Å². The summed E-state index contributed by atoms with van der Waals surface area (Å²) in [5.41, 5.74) is 10.7. The number of benzene rings is 8. The van der Waals surface area contributed by atoms with Crippen LogP contribution in [0.5, 0.6) is 11.5 Å². The Hall–Kier alpha value is -6.12. The molecule has 0 atom stereocenters. The van der Waals surface area contributed by atoms with Crippen LogP contribution < -0.4 is 4.74 Å². The zero-order valence-corrected chi connectivity index (χ0v) is 24.9. The minimum atomic E-state index is 0.894. The van der Waals surface area contributed by atoms with Crippen molar-refractivity contribution < 1.29 is 4.74 Å². The quantitative estimate of drug-likeness (QED) is 0.201. The van der Waals surface area contributed by atoms with E-state index >= 15 is 0 Å². The Bertz CT molecular complexity index is 2670. The van der Waals surface area contributed by atoms with Crippen molar-refractivity contribution in [2.24, 2.45) is 0 Å². The summed E-state index contributed by atoms with van der Waals surface area (Å²) in [7, 11) is 0. The Labute approximate surface area is 266 Å². The molecule has 0 unspecified atom stereocenters. The molecule has 0 bridgehead atoms. The molecular formula is C44H27NO. The average Bonchev–Trinajstić information content (AvgIpc) is 3.46. The van der Waals surface area contributed by atoms with E-state index in [0.717, 1.165) is 28.3 Å². The van der Waals surface area contributed by atoms with Crippen molar-refractivity contribution in [1.29, 1.82) is 0 Å². The van der Waals surface area contributed by atoms with Gasteiger partial charge in [-0.2, -0.15) is 0 Å². The Balaban J connectivity index is 1.21. The molecule has 9 aromatic rings. The van der Waals surface area contributed by atoms with Gasteiger partial charge < -0.3 is 9.30 Å². The first kappa shape index (κ1) is 25.2. The Morgan fingerprint density at radius 1 is 0.370 bits per heavy atom. The molecule has 2 heteroatoms. The van der Waals surface area contributed by atoms with Gasteiger partial charge in [0.15, 0.2) is 0 Å². The molecule has 2 heterocycles. The molecule has 1 aliphatic heterocycles. The molecule has 0 saturated heterocycles. The third-order valence-corrected chi connectivity index (χ3v) is 9.59. The number of rotatable bonds is 3. The van der Waals surface area contributed by atoms with Crippen LogP contribution in [0.1, 0.15) is 0 Å². The van der Waals surface area contributed by atoms with Crippen molar-refractivity contribution in [3.05, 3.63) is 164 Å². The highest BCUT2D eigenvalue weighted by molar-refractivity contribution is 6.21. The van der Waals surface area contributed by atoms with Crippen molar-refractivity contribution in [3.8, 4) is 50.6 Å². The van der Waals surface area contributed by atoms with Crippen LogP contribution in [-0.4, -0.2) is 4.57 Å². The molecule has 0 spiro atoms. The molecule has 0 aliphatic carbocycles. The summed E-state index contributed by atoms with van der Waals surface area (Å²) in [5.74, 6) is 1.81. The van der Waals surface area contributed by atoms with Gasteiger partial charge in [-0.25, -0.2) is 0 Å². The van der Waals surface area contributed by atoms with Gasteiger partial charge in [-0.15, -0.1) is 0 Å². The number of fused-ring (bicyclic) bond motifs is 7. The van der Waals surface area contributed by atoms with Gasteiger partial charge in [0, 0.05) is 27.3 Å². The Morgan fingerprint density at radius 3 is 1.98 bits per heavy atom. The number of para-hydroxylation sites is 2. The molecule has 46 heavy (non-hydrogen) atoms. The predicted octanol–water partition coefficient (Wildman–Crippen LogP) is 12.2. The molecular weight excluding hydrogens is 558 g/mol. The second kappa shape index (κ2) is 9.69. The first-order chi connectivity index (χ1) is 22.8. The fourth-order valence-corrected chi connectivity index (χ4v) is 7.60. The summed E-state index contributed by atoms with van der Waals surface area (Å²) in [6.07, 6.45) is 0. The van der Waals surface area contributed by atoms with Crippen molar-refractivity contribution in [2.75, 3.05) is 0 Å². The number of nitrogens with zero attached hydrogens (tertiary/aromatic N) is 1. The SMILES string of the molecule is c1ccc(-c2ccccc2-n2c3ccccc3c3c4ccccc4ccc32)c(-c2ccc3c(c2)-c2cccc4cccc(c24)O3)c1. The van der Waals surface area contributed by atoms with Crippen LogP contribution in [0.25, 0.3) is 82.4 Å². The lowest BCUT2D eigenvalue weighted by molar-refractivity contribution is 0.487. The number of ether oxygens (including phenoxy) is 1. The summed E-state index contributed by atoms with van der Waals surface area (Å²) in [5, 5.41) is 7.46. The van der Waals surface area contributed by atoms with Crippen molar-refractivity contribution >= 4 is 43.4 Å². The van der Waals surface area contributed by atoms with Crippen LogP contribution in [0.3, 0.4) is 0 Å². The second-order valence-corrected chi connectivity index (χ2v) is 12.1. The zero-order valence-electron chi connectivity index (χ0n) is 24.9. The molecule has 8 aromatic carbocycles. The van der Waals surface area contributed by atoms with E-state index in [1.54, 1.807) is 0 Å². The molecule has 1 aromatic heterocycles. The molecule has 2 nitrogen and oxygen atoms in total. The van der Waals surface area contributed by atoms with E-state index in [1.165, 1.54) is 65.6 Å². The Kier molecular flexibility index (Phi) is 5.31. The lowest BCUT2D eigenvalue weighted by Crippen LogP contribution is -1.99. The first-order valence-electron chi connectivity index (χ1n) is 15.8. The van der Waals surface area contributed by atoms with Crippen LogP contribution in [0, 0.1) is 0 Å². The van der Waals surface area contributed by atoms with Gasteiger partial charge in [0.1, 0.15) is 11.5 Å². The smallest absolute Gasteiger partial charge is 0.135 e. The molecule has 0 fully saturated rings. The third-order valence-electron chi connectivity index (χ3n) is 9.59. The second-order valence-electron chi connectivity index (χ2n) is 12.1. The van der Waals surface area contributed by atoms with Gasteiger partial charge in [-0.3, -0.25) is 0 Å². The molecule has 0 saturated carbocycles. The molecule has 10 rings (SSSR count). The molecule has 0 N–H and O–H groups in total. The largest absolute Gasteiger partial charge is 0.456 e. The van der Waals surface area contributed by atoms with E-state index in [0.29, 0.717) is 0 Å². The third kappa shape index (κ3) is 3.59. The standard InChI is InChI=1S/C44H27NO/c1-2-15-32-28(11-1)23-25-40-44(32)36-18-6-8-21-39(36)45(40)38-20-7-5-17-34(38)33-16-4-3-14-31(33)30-24-26-41-37(27-30)35-19-9-12-29-13-10-22-42(46-41)43(29)35/h1-27H. The molecule has 1 aliphatic rings. The molecule has 0 radical (unpaired) electrons. The van der Waals surface area contributed by atoms with Gasteiger partial charge in [0.05, 0.1) is 16.7 Å². The van der Waals surface area contributed by atoms with Crippen molar-refractivity contribution in [3.63, 3.8) is 0 Å². The molecule has 214 valence electrons. The van der Waals surface area contributed by atoms with Crippen molar-refractivity contribution in [2.45, 2.75) is 0 Å². The van der Waals surface area contributed by atoms with Crippen LogP contribution in [0.2, 0.25) is 0 Å². The maximum absolute atomic E-state index is 6.43. The van der Waals surface area contributed by atoms with Gasteiger partial charge in [0.25, 0.3) is 0 Å². The predicted molar refractivity (Wildman–Crippen MR) is 192 cm³/mol. The minimum Gasteiger partial charge on any atom is -0.456 e. The van der Waals surface area contributed by atoms with E-state index in [1.807, 2.05) is 0 Å². The van der Waals surface area contributed by atoms with Crippen LogP contribution in [0.4, 0.5) is 0 Å². The van der Waals surface area contributed by atoms with Crippen molar-refractivity contribution in [1.82, 2.24) is 4.57 Å². The van der Waals surface area contributed by atoms with E-state index in [2.05, 4.69) is 168 Å². The van der Waals surface area contributed by atoms with Crippen LogP contribution in [-0.2, 0) is 0 Å². The van der Waals surface area contributed by atoms with E-state index in [-0.39, 0.29) is 0 Å². The fraction of sp³-hybridized carbons (Fsp3) is 0. The highest BCUT2D eigenvalue weighted by atomic mass is 16.5. The lowest BCUT2D eigenvalue weighted by atomic mass is 9.89. The summed E-state index contributed by atoms with van der Waals surface area (Å²) in [6.45, 7) is 0. The normalized spacial score (nSPS) is 12.1. The summed E-state index contributed by atoms with van der Waals surface area (Å²) in [4.78, 5) is 0. The van der Waals surface area contributed by atoms with E-state index in [4.69, 9.17) is 4.74 Å². The maximum atomic E-state index is 6.43. The van der Waals surface area contributed by atoms with Gasteiger partial charge in [-0.05, 0) is 74.8 Å². The fourth-order valence-electron chi connectivity index (χ4n) is 7.60. The summed E-state index contributed by atoms with van der Waals surface area (Å²) in [6, 6.07) is 59.0. The monoisotopic (exact) mass is 585 g/mol. The van der Waals surface area contributed by atoms with Crippen LogP contribution in [0.15, 0.2) is 164 Å². The van der Waals surface area contributed by atoms with E-state index < -0.39 is 0 Å².